The summed E-state index contributed by atoms with van der Waals surface area (Å²) >= 11 is 6.49. The van der Waals surface area contributed by atoms with Gasteiger partial charge >= 0.3 is 6.03 Å². The van der Waals surface area contributed by atoms with Crippen LogP contribution in [0.15, 0.2) is 42.0 Å². The average Bonchev–Trinajstić information content (AvgIpc) is 2.81. The molecule has 8 heteroatoms. The molecule has 1 saturated heterocycles. The average molecular weight is 483 g/mol. The second-order valence-electron chi connectivity index (χ2n) is 8.60. The lowest BCUT2D eigenvalue weighted by Crippen LogP contribution is -2.58. The minimum atomic E-state index is -0.725. The van der Waals surface area contributed by atoms with Crippen LogP contribution in [-0.2, 0) is 16.2 Å². The van der Waals surface area contributed by atoms with Crippen molar-refractivity contribution < 1.29 is 23.9 Å². The molecule has 1 heterocycles. The van der Waals surface area contributed by atoms with Crippen molar-refractivity contribution in [3.05, 3.63) is 63.7 Å². The number of benzene rings is 2. The maximum absolute atomic E-state index is 13.1. The summed E-state index contributed by atoms with van der Waals surface area (Å²) in [4.78, 5) is 39.2. The number of hydrogen-bond acceptors (Lipinski definition) is 5. The van der Waals surface area contributed by atoms with Gasteiger partial charge in [0.25, 0.3) is 11.8 Å². The minimum absolute atomic E-state index is 0.114. The molecule has 178 valence electrons. The third-order valence-corrected chi connectivity index (χ3v) is 6.38. The molecule has 7 nitrogen and oxygen atoms in total. The Morgan fingerprint density at radius 1 is 1.12 bits per heavy atom. The largest absolute Gasteiger partial charge is 0.493 e. The molecular weight excluding hydrogens is 456 g/mol. The molecule has 0 aromatic heterocycles. The molecule has 1 saturated carbocycles. The summed E-state index contributed by atoms with van der Waals surface area (Å²) in [5.74, 6) is -0.574. The van der Waals surface area contributed by atoms with Gasteiger partial charge in [0, 0.05) is 6.04 Å². The van der Waals surface area contributed by atoms with Crippen LogP contribution in [0.4, 0.5) is 4.79 Å². The van der Waals surface area contributed by atoms with Crippen LogP contribution in [0.2, 0.25) is 5.02 Å². The topological polar surface area (TPSA) is 84.9 Å². The number of carbonyl (C=O) groups excluding carboxylic acids is 3. The number of nitrogens with zero attached hydrogens (tertiary/aromatic N) is 1. The monoisotopic (exact) mass is 482 g/mol. The second-order valence-corrected chi connectivity index (χ2v) is 9.00. The van der Waals surface area contributed by atoms with E-state index in [9.17, 15) is 14.4 Å². The summed E-state index contributed by atoms with van der Waals surface area (Å²) in [5, 5.41) is 2.58. The third-order valence-electron chi connectivity index (χ3n) is 6.10. The smallest absolute Gasteiger partial charge is 0.331 e. The number of methoxy groups -OCH3 is 1. The zero-order chi connectivity index (χ0) is 24.2. The predicted molar refractivity (Wildman–Crippen MR) is 129 cm³/mol. The van der Waals surface area contributed by atoms with Gasteiger partial charge in [0.2, 0.25) is 0 Å². The molecule has 1 N–H and O–H groups in total. The van der Waals surface area contributed by atoms with E-state index >= 15 is 0 Å². The molecule has 0 atom stereocenters. The van der Waals surface area contributed by atoms with Crippen molar-refractivity contribution in [1.29, 1.82) is 0 Å². The molecule has 0 radical (unpaired) electrons. The first kappa shape index (κ1) is 23.8. The minimum Gasteiger partial charge on any atom is -0.493 e. The normalized spacial score (nSPS) is 18.3. The molecule has 2 fully saturated rings. The van der Waals surface area contributed by atoms with Gasteiger partial charge in [0.1, 0.15) is 12.2 Å². The standard InChI is InChI=1S/C26H27ClN2O5/c1-16-7-6-8-17(11-16)15-34-23-21(27)13-18(14-22(23)33-2)12-20-24(30)28-26(32)29(25(20)31)19-9-4-3-5-10-19/h6-8,11-14,19H,3-5,9-10,15H2,1-2H3,(H,28,30,32). The molecule has 4 amide bonds. The predicted octanol–water partition coefficient (Wildman–Crippen LogP) is 5.03. The lowest BCUT2D eigenvalue weighted by atomic mass is 9.93. The van der Waals surface area contributed by atoms with Crippen molar-refractivity contribution >= 4 is 35.5 Å². The number of rotatable bonds is 6. The first-order chi connectivity index (χ1) is 16.4. The van der Waals surface area contributed by atoms with Gasteiger partial charge in [-0.2, -0.15) is 0 Å². The van der Waals surface area contributed by atoms with Gasteiger partial charge in [0.05, 0.1) is 12.1 Å². The number of carbonyl (C=O) groups is 3. The molecule has 0 spiro atoms. The highest BCUT2D eigenvalue weighted by molar-refractivity contribution is 6.33. The van der Waals surface area contributed by atoms with Crippen LogP contribution in [-0.4, -0.2) is 35.9 Å². The molecule has 1 aliphatic carbocycles. The van der Waals surface area contributed by atoms with Crippen LogP contribution in [0.3, 0.4) is 0 Å². The Hall–Kier alpha value is -3.32. The van der Waals surface area contributed by atoms with E-state index < -0.39 is 17.8 Å². The molecule has 2 aromatic rings. The van der Waals surface area contributed by atoms with Gasteiger partial charge < -0.3 is 9.47 Å². The van der Waals surface area contributed by atoms with E-state index in [2.05, 4.69) is 5.32 Å². The highest BCUT2D eigenvalue weighted by atomic mass is 35.5. The number of nitrogens with one attached hydrogen (secondary N) is 1. The van der Waals surface area contributed by atoms with E-state index in [4.69, 9.17) is 21.1 Å². The zero-order valence-electron chi connectivity index (χ0n) is 19.2. The first-order valence-corrected chi connectivity index (χ1v) is 11.7. The third kappa shape index (κ3) is 5.09. The van der Waals surface area contributed by atoms with Gasteiger partial charge in [-0.1, -0.05) is 60.7 Å². The molecule has 4 rings (SSSR count). The van der Waals surface area contributed by atoms with Crippen LogP contribution in [0, 0.1) is 6.92 Å². The highest BCUT2D eigenvalue weighted by Gasteiger charge is 2.40. The SMILES string of the molecule is COc1cc(C=C2C(=O)NC(=O)N(C3CCCCC3)C2=O)cc(Cl)c1OCc1cccc(C)c1. The molecule has 34 heavy (non-hydrogen) atoms. The van der Waals surface area contributed by atoms with Crippen molar-refractivity contribution in [3.63, 3.8) is 0 Å². The lowest BCUT2D eigenvalue weighted by Gasteiger charge is -2.35. The summed E-state index contributed by atoms with van der Waals surface area (Å²) in [6.07, 6.45) is 5.90. The molecule has 2 aliphatic rings. The number of barbiturate groups is 1. The summed E-state index contributed by atoms with van der Waals surface area (Å²) < 4.78 is 11.4. The van der Waals surface area contributed by atoms with Crippen molar-refractivity contribution in [1.82, 2.24) is 10.2 Å². The second kappa shape index (κ2) is 10.3. The Morgan fingerprint density at radius 3 is 2.59 bits per heavy atom. The highest BCUT2D eigenvalue weighted by Crippen LogP contribution is 2.38. The number of ether oxygens (including phenoxy) is 2. The quantitative estimate of drug-likeness (QED) is 0.461. The fourth-order valence-electron chi connectivity index (χ4n) is 4.43. The van der Waals surface area contributed by atoms with Crippen molar-refractivity contribution in [3.8, 4) is 11.5 Å². The van der Waals surface area contributed by atoms with Crippen LogP contribution < -0.4 is 14.8 Å². The van der Waals surface area contributed by atoms with Gasteiger partial charge in [-0.25, -0.2) is 4.79 Å². The summed E-state index contributed by atoms with van der Waals surface area (Å²) in [5.41, 5.74) is 2.48. The maximum Gasteiger partial charge on any atom is 0.331 e. The molecular formula is C26H27ClN2O5. The van der Waals surface area contributed by atoms with Gasteiger partial charge in [-0.15, -0.1) is 0 Å². The summed E-state index contributed by atoms with van der Waals surface area (Å²) in [6.45, 7) is 2.31. The lowest BCUT2D eigenvalue weighted by molar-refractivity contribution is -0.132. The fraction of sp³-hybridized carbons (Fsp3) is 0.346. The van der Waals surface area contributed by atoms with Crippen molar-refractivity contribution in [2.75, 3.05) is 7.11 Å². The van der Waals surface area contributed by atoms with Gasteiger partial charge in [0.15, 0.2) is 11.5 Å². The molecule has 1 aliphatic heterocycles. The number of halogens is 1. The van der Waals surface area contributed by atoms with Crippen LogP contribution in [0.25, 0.3) is 6.08 Å². The van der Waals surface area contributed by atoms with Crippen LogP contribution in [0.5, 0.6) is 11.5 Å². The molecule has 2 aromatic carbocycles. The van der Waals surface area contributed by atoms with Crippen molar-refractivity contribution in [2.24, 2.45) is 0 Å². The van der Waals surface area contributed by atoms with Crippen LogP contribution >= 0.6 is 11.6 Å². The van der Waals surface area contributed by atoms with E-state index in [0.29, 0.717) is 23.7 Å². The Bertz CT molecular complexity index is 1150. The summed E-state index contributed by atoms with van der Waals surface area (Å²) in [6, 6.07) is 10.3. The number of hydrogen-bond donors (Lipinski definition) is 1. The van der Waals surface area contributed by atoms with E-state index in [1.165, 1.54) is 18.1 Å². The summed E-state index contributed by atoms with van der Waals surface area (Å²) in [7, 11) is 1.49. The zero-order valence-corrected chi connectivity index (χ0v) is 20.0. The Morgan fingerprint density at radius 2 is 1.88 bits per heavy atom. The first-order valence-electron chi connectivity index (χ1n) is 11.3. The van der Waals surface area contributed by atoms with E-state index in [1.54, 1.807) is 12.1 Å². The Kier molecular flexibility index (Phi) is 7.22. The van der Waals surface area contributed by atoms with Gasteiger partial charge in [-0.3, -0.25) is 19.8 Å². The number of urea groups is 1. The molecule has 0 unspecified atom stereocenters. The molecule has 0 bridgehead atoms. The van der Waals surface area contributed by atoms with Gasteiger partial charge in [-0.05, 0) is 49.1 Å². The van der Waals surface area contributed by atoms with Crippen LogP contribution in [0.1, 0.15) is 48.8 Å². The maximum atomic E-state index is 13.1. The van der Waals surface area contributed by atoms with Crippen molar-refractivity contribution in [2.45, 2.75) is 51.7 Å². The number of aryl methyl sites for hydroxylation is 1. The van der Waals surface area contributed by atoms with E-state index in [1.807, 2.05) is 31.2 Å². The Balaban J connectivity index is 1.59. The Labute approximate surface area is 203 Å². The van der Waals surface area contributed by atoms with E-state index in [0.717, 1.165) is 43.2 Å². The fourth-order valence-corrected chi connectivity index (χ4v) is 4.70. The number of amides is 4. The number of imide groups is 2. The van der Waals surface area contributed by atoms with E-state index in [-0.39, 0.29) is 16.6 Å².